The number of rotatable bonds is 7. The van der Waals surface area contributed by atoms with E-state index in [9.17, 15) is 18.3 Å². The highest BCUT2D eigenvalue weighted by Gasteiger charge is 2.31. The SMILES string of the molecule is Cc1noc(C)c1S(=O)(=O)Nc1ccc2c(c1)CC(=O)N([C@H](C)CO)C[C@H](C)[C@@H](CN(C)C)O2. The molecule has 188 valence electrons. The second-order valence-electron chi connectivity index (χ2n) is 9.23. The smallest absolute Gasteiger partial charge is 0.267 e. The fourth-order valence-electron chi connectivity index (χ4n) is 4.14. The lowest BCUT2D eigenvalue weighted by Gasteiger charge is -2.33. The van der Waals surface area contributed by atoms with E-state index < -0.39 is 10.0 Å². The Morgan fingerprint density at radius 3 is 2.62 bits per heavy atom. The number of aliphatic hydroxyl groups is 1. The number of carbonyl (C=O) groups is 1. The molecule has 3 atom stereocenters. The highest BCUT2D eigenvalue weighted by atomic mass is 32.2. The minimum absolute atomic E-state index is 0.00372. The van der Waals surface area contributed by atoms with Crippen LogP contribution in [0.2, 0.25) is 0 Å². The number of aliphatic hydroxyl groups excluding tert-OH is 1. The zero-order chi connectivity index (χ0) is 25.2. The first-order valence-corrected chi connectivity index (χ1v) is 12.7. The predicted octanol–water partition coefficient (Wildman–Crippen LogP) is 1.80. The van der Waals surface area contributed by atoms with Crippen LogP contribution in [0.25, 0.3) is 0 Å². The summed E-state index contributed by atoms with van der Waals surface area (Å²) in [5, 5.41) is 13.4. The van der Waals surface area contributed by atoms with Gasteiger partial charge >= 0.3 is 0 Å². The van der Waals surface area contributed by atoms with Crippen molar-refractivity contribution in [1.29, 1.82) is 0 Å². The molecule has 0 saturated carbocycles. The van der Waals surface area contributed by atoms with Gasteiger partial charge in [0.25, 0.3) is 10.0 Å². The van der Waals surface area contributed by atoms with E-state index in [2.05, 4.69) is 9.88 Å². The number of fused-ring (bicyclic) bond motifs is 1. The number of benzene rings is 1. The van der Waals surface area contributed by atoms with Crippen LogP contribution in [-0.4, -0.2) is 80.3 Å². The van der Waals surface area contributed by atoms with Gasteiger partial charge in [0.1, 0.15) is 17.5 Å². The molecule has 34 heavy (non-hydrogen) atoms. The third-order valence-corrected chi connectivity index (χ3v) is 7.58. The zero-order valence-corrected chi connectivity index (χ0v) is 21.3. The second kappa shape index (κ2) is 10.3. The number of nitrogens with zero attached hydrogens (tertiary/aromatic N) is 3. The number of sulfonamides is 1. The Morgan fingerprint density at radius 1 is 1.32 bits per heavy atom. The molecule has 1 aliphatic heterocycles. The summed E-state index contributed by atoms with van der Waals surface area (Å²) in [7, 11) is -0.0330. The maximum Gasteiger partial charge on any atom is 0.267 e. The normalized spacial score (nSPS) is 20.2. The van der Waals surface area contributed by atoms with Gasteiger partial charge in [0.15, 0.2) is 10.7 Å². The van der Waals surface area contributed by atoms with Crippen molar-refractivity contribution in [3.8, 4) is 5.75 Å². The molecule has 2 aromatic rings. The number of carbonyl (C=O) groups excluding carboxylic acids is 1. The number of hydrogen-bond donors (Lipinski definition) is 2. The average Bonchev–Trinajstić information content (AvgIpc) is 3.11. The third-order valence-electron chi connectivity index (χ3n) is 5.95. The molecule has 3 rings (SSSR count). The lowest BCUT2D eigenvalue weighted by molar-refractivity contribution is -0.134. The van der Waals surface area contributed by atoms with E-state index in [1.54, 1.807) is 36.9 Å². The Hall–Kier alpha value is -2.63. The van der Waals surface area contributed by atoms with Gasteiger partial charge in [-0.05, 0) is 53.1 Å². The number of hydrogen-bond acceptors (Lipinski definition) is 8. The van der Waals surface area contributed by atoms with Crippen molar-refractivity contribution in [3.05, 3.63) is 35.2 Å². The van der Waals surface area contributed by atoms with Gasteiger partial charge in [-0.25, -0.2) is 8.42 Å². The molecule has 0 unspecified atom stereocenters. The van der Waals surface area contributed by atoms with Crippen molar-refractivity contribution in [2.45, 2.75) is 51.2 Å². The molecule has 1 aromatic carbocycles. The summed E-state index contributed by atoms with van der Waals surface area (Å²) in [6.07, 6.45) is -0.194. The standard InChI is InChI=1S/C23H34N4O6S/c1-14-11-27(15(2)13-28)22(29)10-18-9-19(7-8-20(18)32-21(14)12-26(5)6)25-34(30,31)23-16(3)24-33-17(23)4/h7-9,14-15,21,25,28H,10-13H2,1-6H3/t14-,15+,21+/m0/s1. The van der Waals surface area contributed by atoms with Crippen LogP contribution in [0.1, 0.15) is 30.9 Å². The van der Waals surface area contributed by atoms with Gasteiger partial charge in [-0.1, -0.05) is 12.1 Å². The summed E-state index contributed by atoms with van der Waals surface area (Å²) in [5.41, 5.74) is 1.13. The molecular formula is C23H34N4O6S. The number of amides is 1. The van der Waals surface area contributed by atoms with E-state index in [1.165, 1.54) is 6.92 Å². The minimum atomic E-state index is -3.94. The Balaban J connectivity index is 1.99. The Bertz CT molecular complexity index is 1110. The molecule has 1 aromatic heterocycles. The number of anilines is 1. The Labute approximate surface area is 200 Å². The maximum atomic E-state index is 13.2. The first-order valence-electron chi connectivity index (χ1n) is 11.2. The zero-order valence-electron chi connectivity index (χ0n) is 20.5. The van der Waals surface area contributed by atoms with Gasteiger partial charge in [-0.15, -0.1) is 0 Å². The van der Waals surface area contributed by atoms with Gasteiger partial charge in [-0.3, -0.25) is 9.52 Å². The summed E-state index contributed by atoms with van der Waals surface area (Å²) in [5.74, 6) is 0.574. The van der Waals surface area contributed by atoms with Crippen molar-refractivity contribution in [1.82, 2.24) is 15.0 Å². The van der Waals surface area contributed by atoms with Gasteiger partial charge in [0.05, 0.1) is 19.1 Å². The highest BCUT2D eigenvalue weighted by Crippen LogP contribution is 2.30. The summed E-state index contributed by atoms with van der Waals surface area (Å²) in [6, 6.07) is 4.57. The lowest BCUT2D eigenvalue weighted by Crippen LogP contribution is -2.47. The molecule has 0 aliphatic carbocycles. The fraction of sp³-hybridized carbons (Fsp3) is 0.565. The number of aromatic nitrogens is 1. The average molecular weight is 495 g/mol. The monoisotopic (exact) mass is 494 g/mol. The Morgan fingerprint density at radius 2 is 2.03 bits per heavy atom. The van der Waals surface area contributed by atoms with Crippen molar-refractivity contribution in [2.24, 2.45) is 5.92 Å². The molecule has 0 bridgehead atoms. The molecule has 0 saturated heterocycles. The van der Waals surface area contributed by atoms with Gasteiger partial charge in [-0.2, -0.15) is 0 Å². The van der Waals surface area contributed by atoms with Crippen LogP contribution in [0.15, 0.2) is 27.6 Å². The van der Waals surface area contributed by atoms with Crippen LogP contribution in [0.3, 0.4) is 0 Å². The van der Waals surface area contributed by atoms with Crippen molar-refractivity contribution in [3.63, 3.8) is 0 Å². The number of likely N-dealkylation sites (N-methyl/N-ethyl adjacent to an activating group) is 1. The molecule has 1 aliphatic rings. The minimum Gasteiger partial charge on any atom is -0.488 e. The molecule has 11 heteroatoms. The van der Waals surface area contributed by atoms with Crippen LogP contribution < -0.4 is 9.46 Å². The molecule has 0 radical (unpaired) electrons. The van der Waals surface area contributed by atoms with Gasteiger partial charge in [0, 0.05) is 30.3 Å². The van der Waals surface area contributed by atoms with Crippen LogP contribution in [0.4, 0.5) is 5.69 Å². The molecule has 0 fully saturated rings. The van der Waals surface area contributed by atoms with E-state index in [1.807, 2.05) is 25.9 Å². The third kappa shape index (κ3) is 5.70. The van der Waals surface area contributed by atoms with Crippen molar-refractivity contribution >= 4 is 21.6 Å². The van der Waals surface area contributed by atoms with E-state index in [0.717, 1.165) is 0 Å². The van der Waals surface area contributed by atoms with Crippen LogP contribution in [-0.2, 0) is 21.2 Å². The molecule has 1 amide bonds. The van der Waals surface area contributed by atoms with Crippen molar-refractivity contribution in [2.75, 3.05) is 38.5 Å². The molecule has 10 nitrogen and oxygen atoms in total. The quantitative estimate of drug-likeness (QED) is 0.597. The van der Waals surface area contributed by atoms with Gasteiger partial charge < -0.3 is 24.2 Å². The van der Waals surface area contributed by atoms with Crippen LogP contribution >= 0.6 is 0 Å². The molecular weight excluding hydrogens is 460 g/mol. The first kappa shape index (κ1) is 26.0. The molecule has 0 spiro atoms. The van der Waals surface area contributed by atoms with Crippen LogP contribution in [0.5, 0.6) is 5.75 Å². The van der Waals surface area contributed by atoms with Gasteiger partial charge in [0.2, 0.25) is 5.91 Å². The number of ether oxygens (including phenoxy) is 1. The summed E-state index contributed by atoms with van der Waals surface area (Å²) in [4.78, 5) is 16.9. The number of nitrogens with one attached hydrogen (secondary N) is 1. The lowest BCUT2D eigenvalue weighted by atomic mass is 10.0. The topological polar surface area (TPSA) is 125 Å². The summed E-state index contributed by atoms with van der Waals surface area (Å²) in [6.45, 7) is 7.85. The fourth-order valence-corrected chi connectivity index (χ4v) is 5.52. The Kier molecular flexibility index (Phi) is 7.89. The molecule has 2 heterocycles. The maximum absolute atomic E-state index is 13.2. The van der Waals surface area contributed by atoms with Crippen LogP contribution in [0, 0.1) is 19.8 Å². The summed E-state index contributed by atoms with van der Waals surface area (Å²) < 4.78 is 39.8. The second-order valence-corrected chi connectivity index (χ2v) is 10.9. The van der Waals surface area contributed by atoms with E-state index in [-0.39, 0.29) is 53.3 Å². The van der Waals surface area contributed by atoms with E-state index in [0.29, 0.717) is 30.1 Å². The summed E-state index contributed by atoms with van der Waals surface area (Å²) >= 11 is 0. The molecule has 2 N–H and O–H groups in total. The largest absolute Gasteiger partial charge is 0.488 e. The predicted molar refractivity (Wildman–Crippen MR) is 127 cm³/mol. The van der Waals surface area contributed by atoms with E-state index in [4.69, 9.17) is 9.26 Å². The van der Waals surface area contributed by atoms with E-state index >= 15 is 0 Å². The van der Waals surface area contributed by atoms with Crippen molar-refractivity contribution < 1.29 is 27.6 Å². The number of aryl methyl sites for hydroxylation is 2. The highest BCUT2D eigenvalue weighted by molar-refractivity contribution is 7.92. The first-order chi connectivity index (χ1) is 15.9.